The summed E-state index contributed by atoms with van der Waals surface area (Å²) in [7, 11) is 0. The van der Waals surface area contributed by atoms with Crippen LogP contribution < -0.4 is 0 Å². The second-order valence-electron chi connectivity index (χ2n) is 4.29. The van der Waals surface area contributed by atoms with E-state index in [9.17, 15) is 4.79 Å². The fourth-order valence-electron chi connectivity index (χ4n) is 1.77. The molecule has 0 amide bonds. The average molecular weight is 251 g/mol. The van der Waals surface area contributed by atoms with Crippen LogP contribution >= 0.6 is 11.6 Å². The fraction of sp³-hybridized carbons (Fsp3) is 0.357. The summed E-state index contributed by atoms with van der Waals surface area (Å²) in [5.41, 5.74) is 2.31. The van der Waals surface area contributed by atoms with Gasteiger partial charge in [-0.15, -0.1) is 0 Å². The van der Waals surface area contributed by atoms with Gasteiger partial charge < -0.3 is 4.74 Å². The molecule has 0 bridgehead atoms. The number of aryl methyl sites for hydroxylation is 1. The summed E-state index contributed by atoms with van der Waals surface area (Å²) in [5.74, 6) is 0.639. The smallest absolute Gasteiger partial charge is 0.177 e. The van der Waals surface area contributed by atoms with Gasteiger partial charge in [-0.2, -0.15) is 0 Å². The van der Waals surface area contributed by atoms with Crippen LogP contribution in [-0.4, -0.2) is 5.78 Å². The van der Waals surface area contributed by atoms with Crippen LogP contribution in [0.5, 0.6) is 0 Å². The third kappa shape index (κ3) is 3.10. The number of halogens is 1. The zero-order valence-corrected chi connectivity index (χ0v) is 10.6. The van der Waals surface area contributed by atoms with E-state index in [1.54, 1.807) is 0 Å². The van der Waals surface area contributed by atoms with E-state index in [0.717, 1.165) is 18.4 Å². The van der Waals surface area contributed by atoms with E-state index in [2.05, 4.69) is 0 Å². The van der Waals surface area contributed by atoms with Crippen LogP contribution in [0.2, 0.25) is 0 Å². The summed E-state index contributed by atoms with van der Waals surface area (Å²) < 4.78 is 5.62. The molecule has 0 atom stereocenters. The number of carbonyl (C=O) groups is 1. The first kappa shape index (κ1) is 12.2. The Kier molecular flexibility index (Phi) is 3.85. The van der Waals surface area contributed by atoms with E-state index >= 15 is 0 Å². The lowest BCUT2D eigenvalue weighted by Crippen LogP contribution is -2.09. The van der Waals surface area contributed by atoms with E-state index < -0.39 is 0 Å². The monoisotopic (exact) mass is 250 g/mol. The quantitative estimate of drug-likeness (QED) is 0.817. The van der Waals surface area contributed by atoms with Gasteiger partial charge in [-0.05, 0) is 18.9 Å². The van der Waals surface area contributed by atoms with E-state index in [1.807, 2.05) is 31.2 Å². The molecule has 90 valence electrons. The summed E-state index contributed by atoms with van der Waals surface area (Å²) in [6, 6.07) is 8.13. The van der Waals surface area contributed by atoms with E-state index in [0.29, 0.717) is 18.8 Å². The Morgan fingerprint density at radius 1 is 1.24 bits per heavy atom. The van der Waals surface area contributed by atoms with Crippen molar-refractivity contribution in [3.8, 4) is 0 Å². The first-order valence-electron chi connectivity index (χ1n) is 5.77. The number of allylic oxidation sites excluding steroid dienone is 2. The number of rotatable bonds is 3. The van der Waals surface area contributed by atoms with Crippen molar-refractivity contribution < 1.29 is 9.53 Å². The lowest BCUT2D eigenvalue weighted by Gasteiger charge is -2.16. The predicted molar refractivity (Wildman–Crippen MR) is 67.7 cm³/mol. The summed E-state index contributed by atoms with van der Waals surface area (Å²) >= 11 is 5.93. The molecule has 0 fully saturated rings. The fourth-order valence-corrected chi connectivity index (χ4v) is 2.02. The molecule has 1 aliphatic carbocycles. The predicted octanol–water partition coefficient (Wildman–Crippen LogP) is 3.72. The van der Waals surface area contributed by atoms with Crippen molar-refractivity contribution in [1.29, 1.82) is 0 Å². The number of ether oxygens (including phenoxy) is 1. The van der Waals surface area contributed by atoms with E-state index in [1.165, 1.54) is 5.56 Å². The standard InChI is InChI=1S/C14H15ClO2/c1-10-5-7-11(8-6-10)9-17-13-4-2-3-12(16)14(13)15/h5-8H,2-4,9H2,1H3. The summed E-state index contributed by atoms with van der Waals surface area (Å²) in [5, 5.41) is 0.281. The van der Waals surface area contributed by atoms with Gasteiger partial charge >= 0.3 is 0 Å². The molecule has 0 spiro atoms. The molecular formula is C14H15ClO2. The minimum atomic E-state index is -0.00294. The second-order valence-corrected chi connectivity index (χ2v) is 4.67. The summed E-state index contributed by atoms with van der Waals surface area (Å²) in [6.45, 7) is 2.52. The first-order valence-corrected chi connectivity index (χ1v) is 6.15. The SMILES string of the molecule is Cc1ccc(COC2=C(Cl)C(=O)CCC2)cc1. The molecule has 3 heteroatoms. The van der Waals surface area contributed by atoms with Crippen molar-refractivity contribution in [1.82, 2.24) is 0 Å². The lowest BCUT2D eigenvalue weighted by atomic mass is 10.0. The highest BCUT2D eigenvalue weighted by atomic mass is 35.5. The van der Waals surface area contributed by atoms with Gasteiger partial charge in [-0.3, -0.25) is 4.79 Å². The van der Waals surface area contributed by atoms with Crippen LogP contribution in [0.25, 0.3) is 0 Å². The van der Waals surface area contributed by atoms with Crippen LogP contribution in [0.4, 0.5) is 0 Å². The Hall–Kier alpha value is -1.28. The highest BCUT2D eigenvalue weighted by molar-refractivity contribution is 6.42. The number of hydrogen-bond acceptors (Lipinski definition) is 2. The highest BCUT2D eigenvalue weighted by Crippen LogP contribution is 2.26. The van der Waals surface area contributed by atoms with E-state index in [-0.39, 0.29) is 10.8 Å². The van der Waals surface area contributed by atoms with Crippen LogP contribution in [0.15, 0.2) is 35.1 Å². The number of ketones is 1. The molecule has 2 rings (SSSR count). The maximum Gasteiger partial charge on any atom is 0.177 e. The number of hydrogen-bond donors (Lipinski definition) is 0. The van der Waals surface area contributed by atoms with Gasteiger partial charge in [0.1, 0.15) is 17.4 Å². The number of carbonyl (C=O) groups excluding carboxylic acids is 1. The van der Waals surface area contributed by atoms with Crippen LogP contribution in [0, 0.1) is 6.92 Å². The van der Waals surface area contributed by atoms with Crippen molar-refractivity contribution in [2.45, 2.75) is 32.8 Å². The largest absolute Gasteiger partial charge is 0.492 e. The van der Waals surface area contributed by atoms with Gasteiger partial charge in [-0.25, -0.2) is 0 Å². The molecule has 1 aromatic carbocycles. The minimum Gasteiger partial charge on any atom is -0.492 e. The van der Waals surface area contributed by atoms with Crippen LogP contribution in [0.3, 0.4) is 0 Å². The van der Waals surface area contributed by atoms with Crippen molar-refractivity contribution in [2.75, 3.05) is 0 Å². The third-order valence-corrected chi connectivity index (χ3v) is 3.25. The second kappa shape index (κ2) is 5.37. The molecule has 17 heavy (non-hydrogen) atoms. The van der Waals surface area contributed by atoms with Crippen molar-refractivity contribution >= 4 is 17.4 Å². The summed E-state index contributed by atoms with van der Waals surface area (Å²) in [6.07, 6.45) is 2.13. The van der Waals surface area contributed by atoms with Gasteiger partial charge in [0.15, 0.2) is 5.78 Å². The molecule has 0 unspecified atom stereocenters. The molecule has 1 aromatic rings. The number of benzene rings is 1. The maximum absolute atomic E-state index is 11.4. The topological polar surface area (TPSA) is 26.3 Å². The molecule has 0 saturated heterocycles. The van der Waals surface area contributed by atoms with Crippen LogP contribution in [-0.2, 0) is 16.1 Å². The number of Topliss-reactive ketones (excluding diaryl/α,β-unsaturated/α-hetero) is 1. The molecule has 0 aliphatic heterocycles. The van der Waals surface area contributed by atoms with Gasteiger partial charge in [0.05, 0.1) is 0 Å². The molecule has 0 N–H and O–H groups in total. The lowest BCUT2D eigenvalue weighted by molar-refractivity contribution is -0.115. The van der Waals surface area contributed by atoms with E-state index in [4.69, 9.17) is 16.3 Å². The highest BCUT2D eigenvalue weighted by Gasteiger charge is 2.19. The van der Waals surface area contributed by atoms with Crippen molar-refractivity contribution in [3.05, 3.63) is 46.2 Å². The first-order chi connectivity index (χ1) is 8.16. The zero-order valence-electron chi connectivity index (χ0n) is 9.83. The molecule has 2 nitrogen and oxygen atoms in total. The van der Waals surface area contributed by atoms with Gasteiger partial charge in [0.2, 0.25) is 0 Å². The molecule has 0 saturated carbocycles. The zero-order chi connectivity index (χ0) is 12.3. The Morgan fingerprint density at radius 2 is 1.94 bits per heavy atom. The Balaban J connectivity index is 2.00. The van der Waals surface area contributed by atoms with Gasteiger partial charge in [-0.1, -0.05) is 41.4 Å². The molecule has 0 aromatic heterocycles. The van der Waals surface area contributed by atoms with Crippen molar-refractivity contribution in [3.63, 3.8) is 0 Å². The minimum absolute atomic E-state index is 0.00294. The maximum atomic E-state index is 11.4. The Morgan fingerprint density at radius 3 is 2.65 bits per heavy atom. The van der Waals surface area contributed by atoms with Crippen LogP contribution in [0.1, 0.15) is 30.4 Å². The molecule has 0 radical (unpaired) electrons. The molecule has 1 aliphatic rings. The summed E-state index contributed by atoms with van der Waals surface area (Å²) in [4.78, 5) is 11.4. The molecule has 0 heterocycles. The molecular weight excluding hydrogens is 236 g/mol. The van der Waals surface area contributed by atoms with Crippen molar-refractivity contribution in [2.24, 2.45) is 0 Å². The average Bonchev–Trinajstić information content (AvgIpc) is 2.33. The third-order valence-electron chi connectivity index (χ3n) is 2.83. The Labute approximate surface area is 106 Å². The van der Waals surface area contributed by atoms with Gasteiger partial charge in [0, 0.05) is 12.8 Å². The van der Waals surface area contributed by atoms with Gasteiger partial charge in [0.25, 0.3) is 0 Å². The normalized spacial score (nSPS) is 16.2. The Bertz CT molecular complexity index is 446.